The predicted molar refractivity (Wildman–Crippen MR) is 84.3 cm³/mol. The number of fused-ring (bicyclic) bond motifs is 1. The number of aromatic amines is 1. The first kappa shape index (κ1) is 14.3. The number of benzene rings is 1. The number of ether oxygens (including phenoxy) is 1. The van der Waals surface area contributed by atoms with E-state index in [0.29, 0.717) is 28.5 Å². The molecule has 0 aliphatic rings. The van der Waals surface area contributed by atoms with Crippen LogP contribution in [0.1, 0.15) is 0 Å². The molecular formula is C14H14N4O3S. The van der Waals surface area contributed by atoms with E-state index in [9.17, 15) is 8.42 Å². The minimum Gasteiger partial charge on any atom is -0.496 e. The lowest BCUT2D eigenvalue weighted by molar-refractivity contribution is 0.416. The van der Waals surface area contributed by atoms with Crippen LogP contribution < -0.4 is 9.46 Å². The first-order chi connectivity index (χ1) is 10.5. The van der Waals surface area contributed by atoms with Crippen molar-refractivity contribution < 1.29 is 13.2 Å². The molecule has 0 fully saturated rings. The van der Waals surface area contributed by atoms with Crippen molar-refractivity contribution >= 4 is 26.9 Å². The minimum atomic E-state index is -3.35. The average Bonchev–Trinajstić information content (AvgIpc) is 2.89. The highest BCUT2D eigenvalue weighted by Gasteiger charge is 2.13. The summed E-state index contributed by atoms with van der Waals surface area (Å²) in [5.74, 6) is 1.14. The van der Waals surface area contributed by atoms with Crippen molar-refractivity contribution in [2.45, 2.75) is 0 Å². The van der Waals surface area contributed by atoms with E-state index in [0.717, 1.165) is 11.8 Å². The Balaban J connectivity index is 2.12. The Labute approximate surface area is 127 Å². The number of aromatic nitrogens is 3. The van der Waals surface area contributed by atoms with Gasteiger partial charge in [0.05, 0.1) is 24.4 Å². The van der Waals surface area contributed by atoms with Crippen molar-refractivity contribution in [3.8, 4) is 17.1 Å². The van der Waals surface area contributed by atoms with Gasteiger partial charge in [-0.05, 0) is 30.3 Å². The quantitative estimate of drug-likeness (QED) is 0.767. The lowest BCUT2D eigenvalue weighted by Crippen LogP contribution is -2.09. The summed E-state index contributed by atoms with van der Waals surface area (Å²) in [6, 6.07) is 8.65. The Morgan fingerprint density at radius 3 is 2.77 bits per heavy atom. The molecule has 0 saturated carbocycles. The van der Waals surface area contributed by atoms with E-state index in [-0.39, 0.29) is 0 Å². The molecule has 0 bridgehead atoms. The van der Waals surface area contributed by atoms with Crippen LogP contribution in [0.5, 0.6) is 5.75 Å². The van der Waals surface area contributed by atoms with Gasteiger partial charge in [-0.3, -0.25) is 4.72 Å². The smallest absolute Gasteiger partial charge is 0.229 e. The predicted octanol–water partition coefficient (Wildman–Crippen LogP) is 2.00. The van der Waals surface area contributed by atoms with Gasteiger partial charge in [0, 0.05) is 11.9 Å². The lowest BCUT2D eigenvalue weighted by atomic mass is 10.1. The van der Waals surface area contributed by atoms with Crippen LogP contribution in [0.2, 0.25) is 0 Å². The summed E-state index contributed by atoms with van der Waals surface area (Å²) in [5.41, 5.74) is 2.46. The van der Waals surface area contributed by atoms with Gasteiger partial charge in [0.25, 0.3) is 0 Å². The van der Waals surface area contributed by atoms with E-state index in [2.05, 4.69) is 19.7 Å². The number of methoxy groups -OCH3 is 1. The number of imidazole rings is 1. The van der Waals surface area contributed by atoms with Crippen LogP contribution in [0, 0.1) is 0 Å². The van der Waals surface area contributed by atoms with E-state index in [1.54, 1.807) is 31.5 Å². The highest BCUT2D eigenvalue weighted by Crippen LogP contribution is 2.31. The van der Waals surface area contributed by atoms with E-state index in [1.165, 1.54) is 0 Å². The van der Waals surface area contributed by atoms with Crippen molar-refractivity contribution in [3.63, 3.8) is 0 Å². The van der Waals surface area contributed by atoms with Gasteiger partial charge in [0.1, 0.15) is 11.6 Å². The average molecular weight is 318 g/mol. The number of rotatable bonds is 4. The summed E-state index contributed by atoms with van der Waals surface area (Å²) >= 11 is 0. The van der Waals surface area contributed by atoms with Crippen LogP contribution in [-0.2, 0) is 10.0 Å². The fraction of sp³-hybridized carbons (Fsp3) is 0.143. The van der Waals surface area contributed by atoms with Crippen LogP contribution in [0.4, 0.5) is 5.69 Å². The summed E-state index contributed by atoms with van der Waals surface area (Å²) in [5, 5.41) is 0. The highest BCUT2D eigenvalue weighted by atomic mass is 32.2. The summed E-state index contributed by atoms with van der Waals surface area (Å²) < 4.78 is 30.5. The fourth-order valence-corrected chi connectivity index (χ4v) is 2.70. The molecule has 22 heavy (non-hydrogen) atoms. The third kappa shape index (κ3) is 2.86. The van der Waals surface area contributed by atoms with Crippen LogP contribution >= 0.6 is 0 Å². The molecule has 8 heteroatoms. The number of pyridine rings is 1. The number of hydrogen-bond donors (Lipinski definition) is 2. The second-order valence-electron chi connectivity index (χ2n) is 4.75. The standard InChI is InChI=1S/C14H14N4O3S/c1-21-12-6-5-9(18-22(2,19)20)8-10(12)13-16-11-4-3-7-15-14(11)17-13/h3-8,18H,1-2H3,(H,15,16,17). The van der Waals surface area contributed by atoms with Gasteiger partial charge in [-0.25, -0.2) is 18.4 Å². The molecular weight excluding hydrogens is 304 g/mol. The van der Waals surface area contributed by atoms with Crippen LogP contribution in [0.15, 0.2) is 36.5 Å². The van der Waals surface area contributed by atoms with Crippen molar-refractivity contribution in [2.75, 3.05) is 18.1 Å². The van der Waals surface area contributed by atoms with Crippen LogP contribution in [0.25, 0.3) is 22.6 Å². The van der Waals surface area contributed by atoms with Gasteiger partial charge in [-0.1, -0.05) is 0 Å². The highest BCUT2D eigenvalue weighted by molar-refractivity contribution is 7.92. The Hall–Kier alpha value is -2.61. The molecule has 0 unspecified atom stereocenters. The summed E-state index contributed by atoms with van der Waals surface area (Å²) in [6.45, 7) is 0. The molecule has 0 radical (unpaired) electrons. The monoisotopic (exact) mass is 318 g/mol. The second-order valence-corrected chi connectivity index (χ2v) is 6.50. The summed E-state index contributed by atoms with van der Waals surface area (Å²) in [4.78, 5) is 11.7. The molecule has 1 aromatic carbocycles. The molecule has 0 atom stereocenters. The maximum Gasteiger partial charge on any atom is 0.229 e. The van der Waals surface area contributed by atoms with Gasteiger partial charge >= 0.3 is 0 Å². The molecule has 0 aliphatic carbocycles. The first-order valence-electron chi connectivity index (χ1n) is 6.43. The number of hydrogen-bond acceptors (Lipinski definition) is 5. The number of H-pyrrole nitrogens is 1. The van der Waals surface area contributed by atoms with Crippen LogP contribution in [0.3, 0.4) is 0 Å². The van der Waals surface area contributed by atoms with E-state index in [4.69, 9.17) is 4.74 Å². The summed E-state index contributed by atoms with van der Waals surface area (Å²) in [7, 11) is -1.81. The summed E-state index contributed by atoms with van der Waals surface area (Å²) in [6.07, 6.45) is 2.76. The number of nitrogens with zero attached hydrogens (tertiary/aromatic N) is 2. The van der Waals surface area contributed by atoms with Gasteiger partial charge in [-0.2, -0.15) is 0 Å². The molecule has 3 rings (SSSR count). The topological polar surface area (TPSA) is 97.0 Å². The van der Waals surface area contributed by atoms with E-state index < -0.39 is 10.0 Å². The van der Waals surface area contributed by atoms with Gasteiger partial charge in [0.15, 0.2) is 5.65 Å². The van der Waals surface area contributed by atoms with E-state index >= 15 is 0 Å². The van der Waals surface area contributed by atoms with Gasteiger partial charge in [-0.15, -0.1) is 0 Å². The van der Waals surface area contributed by atoms with Crippen molar-refractivity contribution in [3.05, 3.63) is 36.5 Å². The van der Waals surface area contributed by atoms with Gasteiger partial charge in [0.2, 0.25) is 10.0 Å². The fourth-order valence-electron chi connectivity index (χ4n) is 2.14. The lowest BCUT2D eigenvalue weighted by Gasteiger charge is -2.09. The van der Waals surface area contributed by atoms with E-state index in [1.807, 2.05) is 12.1 Å². The van der Waals surface area contributed by atoms with Crippen molar-refractivity contribution in [1.29, 1.82) is 0 Å². The zero-order valence-electron chi connectivity index (χ0n) is 12.0. The van der Waals surface area contributed by atoms with Gasteiger partial charge < -0.3 is 9.72 Å². The molecule has 0 spiro atoms. The molecule has 2 aromatic heterocycles. The first-order valence-corrected chi connectivity index (χ1v) is 8.32. The zero-order chi connectivity index (χ0) is 15.7. The largest absolute Gasteiger partial charge is 0.496 e. The molecule has 0 amide bonds. The molecule has 2 N–H and O–H groups in total. The molecule has 0 aliphatic heterocycles. The molecule has 3 aromatic rings. The minimum absolute atomic E-state index is 0.437. The molecule has 2 heterocycles. The molecule has 0 saturated heterocycles. The Bertz CT molecular complexity index is 901. The Morgan fingerprint density at radius 1 is 1.27 bits per heavy atom. The number of sulfonamides is 1. The maximum absolute atomic E-state index is 11.4. The Morgan fingerprint density at radius 2 is 2.09 bits per heavy atom. The zero-order valence-corrected chi connectivity index (χ0v) is 12.8. The molecule has 7 nitrogen and oxygen atoms in total. The number of anilines is 1. The SMILES string of the molecule is COc1ccc(NS(C)(=O)=O)cc1-c1nc2ncccc2[nH]1. The van der Waals surface area contributed by atoms with Crippen molar-refractivity contribution in [1.82, 2.24) is 15.0 Å². The van der Waals surface area contributed by atoms with Crippen LogP contribution in [-0.4, -0.2) is 36.7 Å². The molecule has 114 valence electrons. The second kappa shape index (κ2) is 5.30. The third-order valence-electron chi connectivity index (χ3n) is 3.02. The Kier molecular flexibility index (Phi) is 3.45. The number of nitrogens with one attached hydrogen (secondary N) is 2. The third-order valence-corrected chi connectivity index (χ3v) is 3.62. The maximum atomic E-state index is 11.4. The normalized spacial score (nSPS) is 11.5. The van der Waals surface area contributed by atoms with Crippen molar-refractivity contribution in [2.24, 2.45) is 0 Å².